The van der Waals surface area contributed by atoms with E-state index in [1.165, 1.54) is 0 Å². The molecule has 12 heavy (non-hydrogen) atoms. The highest BCUT2D eigenvalue weighted by Gasteiger charge is 2.20. The molecule has 0 spiro atoms. The lowest BCUT2D eigenvalue weighted by molar-refractivity contribution is -0.131. The van der Waals surface area contributed by atoms with Crippen LogP contribution >= 0.6 is 0 Å². The quantitative estimate of drug-likeness (QED) is 0.404. The molecule has 4 N–H and O–H groups in total. The van der Waals surface area contributed by atoms with Crippen LogP contribution in [0.3, 0.4) is 0 Å². The van der Waals surface area contributed by atoms with Gasteiger partial charge in [-0.1, -0.05) is 0 Å². The zero-order valence-electron chi connectivity index (χ0n) is 6.79. The summed E-state index contributed by atoms with van der Waals surface area (Å²) < 4.78 is 0. The average molecular weight is 173 g/mol. The molecule has 0 unspecified atom stereocenters. The molecule has 0 atom stereocenters. The van der Waals surface area contributed by atoms with Crippen molar-refractivity contribution in [3.8, 4) is 0 Å². The summed E-state index contributed by atoms with van der Waals surface area (Å²) in [6, 6.07) is 0. The third kappa shape index (κ3) is 3.92. The molecular weight excluding hydrogens is 160 g/mol. The van der Waals surface area contributed by atoms with Crippen molar-refractivity contribution in [1.29, 1.82) is 0 Å². The molecule has 69 valence electrons. The predicted octanol–water partition coefficient (Wildman–Crippen LogP) is -0.826. The zero-order valence-corrected chi connectivity index (χ0v) is 6.79. The van der Waals surface area contributed by atoms with E-state index in [1.54, 1.807) is 0 Å². The van der Waals surface area contributed by atoms with Crippen LogP contribution in [0, 0.1) is 5.92 Å². The van der Waals surface area contributed by atoms with Gasteiger partial charge >= 0.3 is 0 Å². The summed E-state index contributed by atoms with van der Waals surface area (Å²) in [4.78, 5) is 21.2. The smallest absolute Gasteiger partial charge is 0.229 e. The average Bonchev–Trinajstić information content (AvgIpc) is 1.96. The van der Waals surface area contributed by atoms with E-state index in [0.717, 1.165) is 0 Å². The van der Waals surface area contributed by atoms with Gasteiger partial charge in [-0.3, -0.25) is 9.59 Å². The van der Waals surface area contributed by atoms with E-state index in [2.05, 4.69) is 0 Å². The number of hydrogen-bond acceptors (Lipinski definition) is 2. The van der Waals surface area contributed by atoms with Crippen LogP contribution in [0.2, 0.25) is 0 Å². The molecule has 0 saturated heterocycles. The van der Waals surface area contributed by atoms with Gasteiger partial charge in [-0.15, -0.1) is 0 Å². The number of hydrogen-bond donors (Lipinski definition) is 2. The Morgan fingerprint density at radius 3 is 1.92 bits per heavy atom. The minimum absolute atomic E-state index is 0.204. The number of primary amides is 2. The van der Waals surface area contributed by atoms with Gasteiger partial charge in [-0.05, 0) is 19.3 Å². The summed E-state index contributed by atoms with van der Waals surface area (Å²) in [5.41, 5.74) is 9.80. The molecule has 0 aromatic rings. The Labute approximate surface area is 70.7 Å². The Balaban J connectivity index is 3.80. The molecule has 0 fully saturated rings. The predicted molar refractivity (Wildman–Crippen MR) is 41.3 cm³/mol. The van der Waals surface area contributed by atoms with Gasteiger partial charge in [0.1, 0.15) is 5.92 Å². The molecule has 5 nitrogen and oxygen atoms in total. The van der Waals surface area contributed by atoms with Gasteiger partial charge in [0.25, 0.3) is 0 Å². The first-order chi connectivity index (χ1) is 5.59. The molecule has 0 aliphatic carbocycles. The van der Waals surface area contributed by atoms with Gasteiger partial charge < -0.3 is 11.5 Å². The van der Waals surface area contributed by atoms with Crippen molar-refractivity contribution >= 4 is 11.8 Å². The van der Waals surface area contributed by atoms with E-state index < -0.39 is 17.7 Å². The highest BCUT2D eigenvalue weighted by Crippen LogP contribution is 2.06. The molecule has 0 bridgehead atoms. The monoisotopic (exact) mass is 173 g/mol. The van der Waals surface area contributed by atoms with Gasteiger partial charge in [0.2, 0.25) is 11.8 Å². The van der Waals surface area contributed by atoms with Gasteiger partial charge in [0, 0.05) is 0 Å². The van der Waals surface area contributed by atoms with E-state index >= 15 is 0 Å². The lowest BCUT2D eigenvalue weighted by atomic mass is 10.0. The van der Waals surface area contributed by atoms with Crippen LogP contribution in [0.4, 0.5) is 0 Å². The Kier molecular flexibility index (Phi) is 5.03. The van der Waals surface area contributed by atoms with Gasteiger partial charge in [0.05, 0.1) is 6.61 Å². The number of rotatable bonds is 6. The second-order valence-corrected chi connectivity index (χ2v) is 2.56. The van der Waals surface area contributed by atoms with Crippen molar-refractivity contribution in [2.45, 2.75) is 19.3 Å². The van der Waals surface area contributed by atoms with Crippen LogP contribution in [0.1, 0.15) is 19.3 Å². The summed E-state index contributed by atoms with van der Waals surface area (Å²) in [6.07, 6.45) is 1.24. The summed E-state index contributed by atoms with van der Waals surface area (Å²) >= 11 is 0. The third-order valence-corrected chi connectivity index (χ3v) is 1.57. The first-order valence-corrected chi connectivity index (χ1v) is 3.76. The SMILES string of the molecule is NC(=O)C(CCCC[O])C(N)=O. The van der Waals surface area contributed by atoms with Crippen LogP contribution in [-0.2, 0) is 14.7 Å². The molecule has 0 aromatic heterocycles. The van der Waals surface area contributed by atoms with Crippen molar-refractivity contribution in [3.05, 3.63) is 0 Å². The van der Waals surface area contributed by atoms with Crippen LogP contribution in [-0.4, -0.2) is 18.4 Å². The first-order valence-electron chi connectivity index (χ1n) is 3.76. The Hall–Kier alpha value is -1.10. The molecule has 2 amide bonds. The highest BCUT2D eigenvalue weighted by atomic mass is 16.3. The molecule has 0 aliphatic rings. The van der Waals surface area contributed by atoms with Crippen molar-refractivity contribution in [2.75, 3.05) is 6.61 Å². The fraction of sp³-hybridized carbons (Fsp3) is 0.714. The van der Waals surface area contributed by atoms with Crippen molar-refractivity contribution in [1.82, 2.24) is 0 Å². The molecular formula is C7H13N2O3. The number of carbonyl (C=O) groups excluding carboxylic acids is 2. The molecule has 0 saturated carbocycles. The largest absolute Gasteiger partial charge is 0.369 e. The van der Waals surface area contributed by atoms with Gasteiger partial charge in [0.15, 0.2) is 0 Å². The first kappa shape index (κ1) is 10.9. The Bertz CT molecular complexity index is 156. The maximum atomic E-state index is 10.6. The summed E-state index contributed by atoms with van der Waals surface area (Å²) in [5.74, 6) is -2.35. The summed E-state index contributed by atoms with van der Waals surface area (Å²) in [5, 5.41) is 10.0. The highest BCUT2D eigenvalue weighted by molar-refractivity contribution is 5.98. The number of nitrogens with two attached hydrogens (primary N) is 2. The van der Waals surface area contributed by atoms with Crippen molar-refractivity contribution in [2.24, 2.45) is 17.4 Å². The molecule has 0 aromatic carbocycles. The van der Waals surface area contributed by atoms with Crippen molar-refractivity contribution in [3.63, 3.8) is 0 Å². The molecule has 1 radical (unpaired) electrons. The van der Waals surface area contributed by atoms with E-state index in [9.17, 15) is 14.7 Å². The minimum atomic E-state index is -0.920. The lowest BCUT2D eigenvalue weighted by Gasteiger charge is -2.07. The fourth-order valence-corrected chi connectivity index (χ4v) is 0.875. The Morgan fingerprint density at radius 2 is 1.58 bits per heavy atom. The maximum absolute atomic E-state index is 10.6. The zero-order chi connectivity index (χ0) is 9.56. The summed E-state index contributed by atoms with van der Waals surface area (Å²) in [6.45, 7) is -0.204. The van der Waals surface area contributed by atoms with E-state index in [-0.39, 0.29) is 13.0 Å². The van der Waals surface area contributed by atoms with Crippen molar-refractivity contribution < 1.29 is 14.7 Å². The van der Waals surface area contributed by atoms with Gasteiger partial charge in [-0.2, -0.15) is 0 Å². The van der Waals surface area contributed by atoms with Crippen LogP contribution in [0.15, 0.2) is 0 Å². The lowest BCUT2D eigenvalue weighted by Crippen LogP contribution is -2.34. The minimum Gasteiger partial charge on any atom is -0.369 e. The summed E-state index contributed by atoms with van der Waals surface area (Å²) in [7, 11) is 0. The third-order valence-electron chi connectivity index (χ3n) is 1.57. The van der Waals surface area contributed by atoms with E-state index in [1.807, 2.05) is 0 Å². The topological polar surface area (TPSA) is 106 Å². The Morgan fingerprint density at radius 1 is 1.08 bits per heavy atom. The molecule has 0 heterocycles. The van der Waals surface area contributed by atoms with E-state index in [4.69, 9.17) is 11.5 Å². The number of amides is 2. The normalized spacial score (nSPS) is 10.2. The number of unbranched alkanes of at least 4 members (excludes halogenated alkanes) is 1. The fourth-order valence-electron chi connectivity index (χ4n) is 0.875. The van der Waals surface area contributed by atoms with Crippen LogP contribution < -0.4 is 11.5 Å². The second-order valence-electron chi connectivity index (χ2n) is 2.56. The molecule has 0 rings (SSSR count). The van der Waals surface area contributed by atoms with Crippen LogP contribution in [0.5, 0.6) is 0 Å². The second kappa shape index (κ2) is 5.54. The number of carbonyl (C=O) groups is 2. The standard InChI is InChI=1S/C7H13N2O3/c8-6(11)5(7(9)12)3-1-2-4-10/h5H,1-4H2,(H2,8,11)(H2,9,12). The van der Waals surface area contributed by atoms with Crippen LogP contribution in [0.25, 0.3) is 0 Å². The van der Waals surface area contributed by atoms with E-state index in [0.29, 0.717) is 12.8 Å². The van der Waals surface area contributed by atoms with Gasteiger partial charge in [-0.25, -0.2) is 5.11 Å². The molecule has 0 aliphatic heterocycles. The molecule has 5 heteroatoms. The maximum Gasteiger partial charge on any atom is 0.229 e.